The van der Waals surface area contributed by atoms with E-state index in [1.54, 1.807) is 11.8 Å². The number of carbonyl (C=O) groups excluding carboxylic acids is 1. The van der Waals surface area contributed by atoms with Crippen LogP contribution in [-0.4, -0.2) is 34.9 Å². The predicted octanol–water partition coefficient (Wildman–Crippen LogP) is 0.968. The number of halogens is 1. The van der Waals surface area contributed by atoms with Gasteiger partial charge in [-0.05, 0) is 6.92 Å². The van der Waals surface area contributed by atoms with Crippen LogP contribution in [0.15, 0.2) is 12.3 Å². The van der Waals surface area contributed by atoms with Gasteiger partial charge in [0.25, 0.3) is 5.69 Å². The van der Waals surface area contributed by atoms with Crippen LogP contribution in [0.5, 0.6) is 0 Å². The Balaban J connectivity index is 2.33. The SMILES string of the molecule is C[C@@H]1C(=O)NCCN1c1ncc([N+](=O)[O-])cc1Cl. The fourth-order valence-corrected chi connectivity index (χ4v) is 2.07. The Morgan fingerprint density at radius 3 is 3.00 bits per heavy atom. The standard InChI is InChI=1S/C10H11ClN4O3/c1-6-10(16)12-2-3-14(6)9-8(11)4-7(5-13-9)15(17)18/h4-6H,2-3H2,1H3,(H,12,16)/t6-/m1/s1. The van der Waals surface area contributed by atoms with Crippen LogP contribution in [-0.2, 0) is 4.79 Å². The molecule has 1 aliphatic rings. The largest absolute Gasteiger partial charge is 0.353 e. The highest BCUT2D eigenvalue weighted by atomic mass is 35.5. The molecule has 18 heavy (non-hydrogen) atoms. The molecule has 0 aromatic carbocycles. The molecule has 1 aliphatic heterocycles. The summed E-state index contributed by atoms with van der Waals surface area (Å²) in [4.78, 5) is 27.3. The molecule has 0 unspecified atom stereocenters. The zero-order valence-electron chi connectivity index (χ0n) is 9.59. The highest BCUT2D eigenvalue weighted by molar-refractivity contribution is 6.33. The minimum absolute atomic E-state index is 0.113. The van der Waals surface area contributed by atoms with Gasteiger partial charge in [-0.3, -0.25) is 14.9 Å². The van der Waals surface area contributed by atoms with E-state index in [0.717, 1.165) is 6.20 Å². The van der Waals surface area contributed by atoms with Gasteiger partial charge in [0.15, 0.2) is 0 Å². The molecule has 0 aliphatic carbocycles. The molecule has 1 aromatic rings. The maximum absolute atomic E-state index is 11.5. The Kier molecular flexibility index (Phi) is 3.33. The number of hydrogen-bond acceptors (Lipinski definition) is 5. The average Bonchev–Trinajstić information content (AvgIpc) is 2.33. The van der Waals surface area contributed by atoms with Crippen LogP contribution < -0.4 is 10.2 Å². The molecule has 7 nitrogen and oxygen atoms in total. The van der Waals surface area contributed by atoms with Crippen molar-refractivity contribution in [3.8, 4) is 0 Å². The molecular weight excluding hydrogens is 260 g/mol. The quantitative estimate of drug-likeness (QED) is 0.639. The van der Waals surface area contributed by atoms with E-state index in [4.69, 9.17) is 11.6 Å². The van der Waals surface area contributed by atoms with Crippen molar-refractivity contribution < 1.29 is 9.72 Å². The molecule has 1 saturated heterocycles. The Morgan fingerprint density at radius 1 is 1.67 bits per heavy atom. The summed E-state index contributed by atoms with van der Waals surface area (Å²) in [5.74, 6) is 0.280. The molecule has 1 amide bonds. The second kappa shape index (κ2) is 4.77. The van der Waals surface area contributed by atoms with Crippen molar-refractivity contribution in [2.24, 2.45) is 0 Å². The first kappa shape index (κ1) is 12.6. The lowest BCUT2D eigenvalue weighted by molar-refractivity contribution is -0.385. The molecule has 0 radical (unpaired) electrons. The number of carbonyl (C=O) groups is 1. The molecule has 2 heterocycles. The van der Waals surface area contributed by atoms with Crippen LogP contribution in [0, 0.1) is 10.1 Å². The average molecular weight is 271 g/mol. The van der Waals surface area contributed by atoms with E-state index in [9.17, 15) is 14.9 Å². The van der Waals surface area contributed by atoms with Crippen molar-refractivity contribution in [3.63, 3.8) is 0 Å². The van der Waals surface area contributed by atoms with Gasteiger partial charge in [-0.1, -0.05) is 11.6 Å². The van der Waals surface area contributed by atoms with Crippen molar-refractivity contribution in [2.75, 3.05) is 18.0 Å². The summed E-state index contributed by atoms with van der Waals surface area (Å²) in [5.41, 5.74) is -0.169. The first-order valence-corrected chi connectivity index (χ1v) is 5.73. The number of pyridine rings is 1. The van der Waals surface area contributed by atoms with Crippen LogP contribution in [0.25, 0.3) is 0 Å². The van der Waals surface area contributed by atoms with E-state index in [-0.39, 0.29) is 16.6 Å². The number of anilines is 1. The molecule has 8 heteroatoms. The van der Waals surface area contributed by atoms with Crippen molar-refractivity contribution in [1.82, 2.24) is 10.3 Å². The van der Waals surface area contributed by atoms with Crippen LogP contribution in [0.3, 0.4) is 0 Å². The fourth-order valence-electron chi connectivity index (χ4n) is 1.80. The molecular formula is C10H11ClN4O3. The molecule has 1 aromatic heterocycles. The minimum Gasteiger partial charge on any atom is -0.353 e. The van der Waals surface area contributed by atoms with Crippen molar-refractivity contribution >= 4 is 29.0 Å². The normalized spacial score (nSPS) is 19.6. The summed E-state index contributed by atoms with van der Waals surface area (Å²) in [6.45, 7) is 2.80. The second-order valence-corrected chi connectivity index (χ2v) is 4.32. The van der Waals surface area contributed by atoms with Crippen LogP contribution in [0.1, 0.15) is 6.92 Å². The van der Waals surface area contributed by atoms with Crippen molar-refractivity contribution in [3.05, 3.63) is 27.4 Å². The van der Waals surface area contributed by atoms with Crippen molar-refractivity contribution in [2.45, 2.75) is 13.0 Å². The third kappa shape index (κ3) is 2.21. The molecule has 0 saturated carbocycles. The van der Waals surface area contributed by atoms with E-state index in [1.165, 1.54) is 6.07 Å². The van der Waals surface area contributed by atoms with E-state index >= 15 is 0 Å². The van der Waals surface area contributed by atoms with Crippen LogP contribution >= 0.6 is 11.6 Å². The molecule has 2 rings (SSSR count). The van der Waals surface area contributed by atoms with Gasteiger partial charge in [-0.15, -0.1) is 0 Å². The maximum atomic E-state index is 11.5. The monoisotopic (exact) mass is 270 g/mol. The van der Waals surface area contributed by atoms with Gasteiger partial charge in [0.1, 0.15) is 18.1 Å². The second-order valence-electron chi connectivity index (χ2n) is 3.92. The van der Waals surface area contributed by atoms with Crippen LogP contribution in [0.2, 0.25) is 5.02 Å². The zero-order chi connectivity index (χ0) is 13.3. The fraction of sp³-hybridized carbons (Fsp3) is 0.400. The lowest BCUT2D eigenvalue weighted by atomic mass is 10.2. The van der Waals surface area contributed by atoms with E-state index < -0.39 is 11.0 Å². The topological polar surface area (TPSA) is 88.4 Å². The lowest BCUT2D eigenvalue weighted by Gasteiger charge is -2.34. The van der Waals surface area contributed by atoms with Gasteiger partial charge >= 0.3 is 0 Å². The van der Waals surface area contributed by atoms with Crippen molar-refractivity contribution in [1.29, 1.82) is 0 Å². The van der Waals surface area contributed by atoms with Gasteiger partial charge in [0.2, 0.25) is 5.91 Å². The molecule has 0 bridgehead atoms. The van der Waals surface area contributed by atoms with Gasteiger partial charge in [0, 0.05) is 19.2 Å². The number of nitro groups is 1. The number of rotatable bonds is 2. The number of hydrogen-bond donors (Lipinski definition) is 1. The minimum atomic E-state index is -0.561. The predicted molar refractivity (Wildman–Crippen MR) is 65.7 cm³/mol. The van der Waals surface area contributed by atoms with Gasteiger partial charge in [-0.25, -0.2) is 4.98 Å². The third-order valence-electron chi connectivity index (χ3n) is 2.79. The maximum Gasteiger partial charge on any atom is 0.289 e. The number of nitrogens with one attached hydrogen (secondary N) is 1. The Bertz CT molecular complexity index is 508. The van der Waals surface area contributed by atoms with Gasteiger partial charge in [-0.2, -0.15) is 0 Å². The molecule has 1 atom stereocenters. The number of amides is 1. The summed E-state index contributed by atoms with van der Waals surface area (Å²) < 4.78 is 0. The summed E-state index contributed by atoms with van der Waals surface area (Å²) >= 11 is 5.98. The Hall–Kier alpha value is -1.89. The van der Waals surface area contributed by atoms with Gasteiger partial charge < -0.3 is 10.2 Å². The zero-order valence-corrected chi connectivity index (χ0v) is 10.3. The number of nitrogens with zero attached hydrogens (tertiary/aromatic N) is 3. The first-order chi connectivity index (χ1) is 8.50. The molecule has 0 spiro atoms. The molecule has 96 valence electrons. The Morgan fingerprint density at radius 2 is 2.39 bits per heavy atom. The first-order valence-electron chi connectivity index (χ1n) is 5.35. The highest BCUT2D eigenvalue weighted by Crippen LogP contribution is 2.28. The summed E-state index contributed by atoms with van der Waals surface area (Å²) in [6, 6.07) is 0.841. The van der Waals surface area contributed by atoms with E-state index in [2.05, 4.69) is 10.3 Å². The Labute approximate surface area is 108 Å². The summed E-state index contributed by atoms with van der Waals surface area (Å²) in [7, 11) is 0. The van der Waals surface area contributed by atoms with Crippen LogP contribution in [0.4, 0.5) is 11.5 Å². The summed E-state index contributed by atoms with van der Waals surface area (Å²) in [6.07, 6.45) is 1.14. The molecule has 1 fully saturated rings. The molecule has 1 N–H and O–H groups in total. The smallest absolute Gasteiger partial charge is 0.289 e. The summed E-state index contributed by atoms with van der Waals surface area (Å²) in [5, 5.41) is 13.5. The van der Waals surface area contributed by atoms with E-state index in [1.807, 2.05) is 0 Å². The number of piperazine rings is 1. The van der Waals surface area contributed by atoms with E-state index in [0.29, 0.717) is 18.9 Å². The van der Waals surface area contributed by atoms with Gasteiger partial charge in [0.05, 0.1) is 9.95 Å². The number of aromatic nitrogens is 1. The third-order valence-corrected chi connectivity index (χ3v) is 3.07. The lowest BCUT2D eigenvalue weighted by Crippen LogP contribution is -2.54. The highest BCUT2D eigenvalue weighted by Gasteiger charge is 2.28.